The van der Waals surface area contributed by atoms with Gasteiger partial charge in [0.2, 0.25) is 5.82 Å². The van der Waals surface area contributed by atoms with E-state index in [0.29, 0.717) is 5.71 Å². The van der Waals surface area contributed by atoms with Gasteiger partial charge in [0.1, 0.15) is 0 Å². The molecular weight excluding hydrogens is 279 g/mol. The largest absolute Gasteiger partial charge is 0.392 e. The first-order valence-corrected chi connectivity index (χ1v) is 5.74. The monoisotopic (exact) mass is 288 g/mol. The summed E-state index contributed by atoms with van der Waals surface area (Å²) < 4.78 is 13.3. The van der Waals surface area contributed by atoms with Gasteiger partial charge < -0.3 is 9.94 Å². The van der Waals surface area contributed by atoms with Crippen LogP contribution in [0.3, 0.4) is 0 Å². The van der Waals surface area contributed by atoms with Crippen molar-refractivity contribution in [1.82, 2.24) is 0 Å². The Labute approximate surface area is 112 Å². The zero-order valence-corrected chi connectivity index (χ0v) is 10.6. The lowest BCUT2D eigenvalue weighted by atomic mass is 9.96. The first-order chi connectivity index (χ1) is 8.86. The summed E-state index contributed by atoms with van der Waals surface area (Å²) in [5, 5.41) is 23.6. The smallest absolute Gasteiger partial charge is 0.305 e. The predicted octanol–water partition coefficient (Wildman–Crippen LogP) is 2.26. The number of benzene rings is 1. The van der Waals surface area contributed by atoms with Gasteiger partial charge in [0.25, 0.3) is 0 Å². The predicted molar refractivity (Wildman–Crippen MR) is 65.8 cm³/mol. The van der Waals surface area contributed by atoms with Crippen molar-refractivity contribution in [2.75, 3.05) is 6.61 Å². The van der Waals surface area contributed by atoms with E-state index in [9.17, 15) is 14.5 Å². The molecule has 0 aliphatic carbocycles. The Kier molecular flexibility index (Phi) is 3.42. The maximum atomic E-state index is 13.3. The molecule has 19 heavy (non-hydrogen) atoms. The molecule has 0 bridgehead atoms. The van der Waals surface area contributed by atoms with Gasteiger partial charge in [-0.2, -0.15) is 4.39 Å². The third-order valence-electron chi connectivity index (χ3n) is 2.80. The Morgan fingerprint density at radius 2 is 2.37 bits per heavy atom. The summed E-state index contributed by atoms with van der Waals surface area (Å²) in [6.07, 6.45) is 0.228. The Morgan fingerprint density at radius 1 is 1.68 bits per heavy atom. The van der Waals surface area contributed by atoms with Crippen molar-refractivity contribution in [3.8, 4) is 0 Å². The third kappa shape index (κ3) is 2.52. The van der Waals surface area contributed by atoms with Gasteiger partial charge in [-0.1, -0.05) is 16.8 Å². The van der Waals surface area contributed by atoms with Crippen molar-refractivity contribution in [3.63, 3.8) is 0 Å². The van der Waals surface area contributed by atoms with Gasteiger partial charge in [-0.25, -0.2) is 0 Å². The molecule has 1 aromatic rings. The van der Waals surface area contributed by atoms with E-state index in [1.54, 1.807) is 6.92 Å². The molecule has 1 unspecified atom stereocenters. The van der Waals surface area contributed by atoms with E-state index in [1.807, 2.05) is 0 Å². The first kappa shape index (κ1) is 13.7. The summed E-state index contributed by atoms with van der Waals surface area (Å²) in [6.45, 7) is 1.37. The molecule has 8 heteroatoms. The number of halogens is 2. The molecule has 0 aromatic heterocycles. The number of rotatable bonds is 3. The molecule has 0 saturated carbocycles. The van der Waals surface area contributed by atoms with Gasteiger partial charge in [0.05, 0.1) is 22.3 Å². The van der Waals surface area contributed by atoms with Crippen molar-refractivity contribution in [2.24, 2.45) is 5.16 Å². The van der Waals surface area contributed by atoms with Crippen molar-refractivity contribution >= 4 is 23.0 Å². The minimum atomic E-state index is -1.01. The van der Waals surface area contributed by atoms with Crippen LogP contribution in [0.15, 0.2) is 17.3 Å². The lowest BCUT2D eigenvalue weighted by molar-refractivity contribution is -0.387. The fourth-order valence-electron chi connectivity index (χ4n) is 1.71. The lowest BCUT2D eigenvalue weighted by Crippen LogP contribution is -2.29. The van der Waals surface area contributed by atoms with Crippen LogP contribution in [0, 0.1) is 15.9 Å². The first-order valence-electron chi connectivity index (χ1n) is 5.36. The maximum Gasteiger partial charge on any atom is 0.305 e. The molecule has 0 saturated heterocycles. The highest BCUT2D eigenvalue weighted by atomic mass is 35.5. The minimum absolute atomic E-state index is 0.00707. The molecule has 1 aromatic carbocycles. The van der Waals surface area contributed by atoms with Crippen molar-refractivity contribution < 1.29 is 19.3 Å². The highest BCUT2D eigenvalue weighted by Gasteiger charge is 2.35. The van der Waals surface area contributed by atoms with Crippen molar-refractivity contribution in [2.45, 2.75) is 18.9 Å². The second kappa shape index (κ2) is 4.75. The van der Waals surface area contributed by atoms with Gasteiger partial charge in [-0.05, 0) is 6.92 Å². The second-order valence-corrected chi connectivity index (χ2v) is 4.86. The standard InChI is InChI=1S/C11H10ClFN2O4/c1-11(5-16)4-9(14-19-11)6-2-10(15(17)18)8(13)3-7(6)12/h2-3,16H,4-5H2,1H3. The minimum Gasteiger partial charge on any atom is -0.392 e. The Hall–Kier alpha value is -1.73. The fraction of sp³-hybridized carbons (Fsp3) is 0.364. The van der Waals surface area contributed by atoms with Gasteiger partial charge in [-0.3, -0.25) is 10.1 Å². The molecule has 6 nitrogen and oxygen atoms in total. The van der Waals surface area contributed by atoms with E-state index in [2.05, 4.69) is 5.16 Å². The molecule has 0 radical (unpaired) electrons. The molecule has 1 heterocycles. The summed E-state index contributed by atoms with van der Waals surface area (Å²) in [4.78, 5) is 14.9. The van der Waals surface area contributed by atoms with Crippen LogP contribution in [-0.2, 0) is 4.84 Å². The van der Waals surface area contributed by atoms with Crippen LogP contribution in [0.4, 0.5) is 10.1 Å². The Balaban J connectivity index is 2.42. The van der Waals surface area contributed by atoms with Crippen LogP contribution in [0.1, 0.15) is 18.9 Å². The lowest BCUT2D eigenvalue weighted by Gasteiger charge is -2.17. The second-order valence-electron chi connectivity index (χ2n) is 4.45. The molecule has 1 N–H and O–H groups in total. The number of oxime groups is 1. The number of nitro benzene ring substituents is 1. The summed E-state index contributed by atoms with van der Waals surface area (Å²) in [6, 6.07) is 1.88. The number of hydrogen-bond acceptors (Lipinski definition) is 5. The van der Waals surface area contributed by atoms with Crippen LogP contribution >= 0.6 is 11.6 Å². The van der Waals surface area contributed by atoms with E-state index in [1.165, 1.54) is 0 Å². The topological polar surface area (TPSA) is 85.0 Å². The van der Waals surface area contributed by atoms with Gasteiger partial charge in [0.15, 0.2) is 5.60 Å². The number of aliphatic hydroxyl groups excluding tert-OH is 1. The zero-order valence-electron chi connectivity index (χ0n) is 9.89. The number of hydrogen-bond donors (Lipinski definition) is 1. The SMILES string of the molecule is CC1(CO)CC(c2cc([N+](=O)[O-])c(F)cc2Cl)=NO1. The third-order valence-corrected chi connectivity index (χ3v) is 3.11. The van der Waals surface area contributed by atoms with Gasteiger partial charge >= 0.3 is 5.69 Å². The zero-order chi connectivity index (χ0) is 14.2. The van der Waals surface area contributed by atoms with Gasteiger partial charge in [-0.15, -0.1) is 0 Å². The molecule has 1 atom stereocenters. The van der Waals surface area contributed by atoms with E-state index in [4.69, 9.17) is 21.5 Å². The Bertz CT molecular complexity index is 578. The highest BCUT2D eigenvalue weighted by molar-refractivity contribution is 6.34. The summed E-state index contributed by atoms with van der Waals surface area (Å²) in [5.41, 5.74) is -1.00. The highest BCUT2D eigenvalue weighted by Crippen LogP contribution is 2.32. The molecule has 0 spiro atoms. The van der Waals surface area contributed by atoms with Crippen molar-refractivity contribution in [1.29, 1.82) is 0 Å². The molecule has 0 fully saturated rings. The normalized spacial score (nSPS) is 22.0. The van der Waals surface area contributed by atoms with Crippen LogP contribution in [-0.4, -0.2) is 27.9 Å². The van der Waals surface area contributed by atoms with Crippen LogP contribution in [0.5, 0.6) is 0 Å². The van der Waals surface area contributed by atoms with E-state index in [0.717, 1.165) is 12.1 Å². The number of aliphatic hydroxyl groups is 1. The quantitative estimate of drug-likeness (QED) is 0.683. The van der Waals surface area contributed by atoms with Crippen molar-refractivity contribution in [3.05, 3.63) is 38.7 Å². The van der Waals surface area contributed by atoms with E-state index >= 15 is 0 Å². The number of nitrogens with zero attached hydrogens (tertiary/aromatic N) is 2. The van der Waals surface area contributed by atoms with Crippen LogP contribution in [0.25, 0.3) is 0 Å². The average Bonchev–Trinajstić information content (AvgIpc) is 2.72. The van der Waals surface area contributed by atoms with E-state index < -0.39 is 22.0 Å². The fourth-order valence-corrected chi connectivity index (χ4v) is 1.97. The average molecular weight is 289 g/mol. The summed E-state index contributed by atoms with van der Waals surface area (Å²) >= 11 is 5.86. The Morgan fingerprint density at radius 3 is 2.89 bits per heavy atom. The molecule has 2 rings (SSSR count). The van der Waals surface area contributed by atoms with Gasteiger partial charge in [0, 0.05) is 24.1 Å². The van der Waals surface area contributed by atoms with E-state index in [-0.39, 0.29) is 23.6 Å². The summed E-state index contributed by atoms with van der Waals surface area (Å²) in [5.74, 6) is -1.01. The molecule has 102 valence electrons. The summed E-state index contributed by atoms with van der Waals surface area (Å²) in [7, 11) is 0. The number of nitro groups is 1. The molecule has 0 amide bonds. The van der Waals surface area contributed by atoms with Crippen LogP contribution < -0.4 is 0 Å². The van der Waals surface area contributed by atoms with Crippen LogP contribution in [0.2, 0.25) is 5.02 Å². The molecule has 1 aliphatic rings. The molecule has 1 aliphatic heterocycles. The molecular formula is C11H10ClFN2O4. The maximum absolute atomic E-state index is 13.3.